The molecule has 0 radical (unpaired) electrons. The molecule has 3 N–H and O–H groups in total. The first-order chi connectivity index (χ1) is 12.0. The fraction of sp³-hybridized carbons (Fsp3) is 0.500. The number of carbonyl (C=O) groups excluding carboxylic acids is 2. The maximum Gasteiger partial charge on any atom is 0.319 e. The van der Waals surface area contributed by atoms with Crippen molar-refractivity contribution >= 4 is 23.6 Å². The van der Waals surface area contributed by atoms with Crippen LogP contribution in [-0.4, -0.2) is 47.0 Å². The van der Waals surface area contributed by atoms with Crippen molar-refractivity contribution in [3.05, 3.63) is 30.3 Å². The van der Waals surface area contributed by atoms with Crippen LogP contribution in [0.1, 0.15) is 38.5 Å². The second-order valence-electron chi connectivity index (χ2n) is 6.22. The summed E-state index contributed by atoms with van der Waals surface area (Å²) in [7, 11) is 0. The molecule has 3 amide bonds. The molecule has 1 aliphatic heterocycles. The molecule has 25 heavy (non-hydrogen) atoms. The molecule has 1 saturated heterocycles. The summed E-state index contributed by atoms with van der Waals surface area (Å²) in [6.07, 6.45) is 3.07. The minimum Gasteiger partial charge on any atom is -0.481 e. The van der Waals surface area contributed by atoms with E-state index in [0.717, 1.165) is 18.5 Å². The zero-order valence-electron chi connectivity index (χ0n) is 14.2. The van der Waals surface area contributed by atoms with Crippen LogP contribution in [0.5, 0.6) is 0 Å². The van der Waals surface area contributed by atoms with E-state index in [1.54, 1.807) is 4.90 Å². The smallest absolute Gasteiger partial charge is 0.319 e. The van der Waals surface area contributed by atoms with Gasteiger partial charge < -0.3 is 20.6 Å². The van der Waals surface area contributed by atoms with Crippen molar-refractivity contribution in [2.45, 2.75) is 44.6 Å². The van der Waals surface area contributed by atoms with Gasteiger partial charge in [-0.15, -0.1) is 0 Å². The Balaban J connectivity index is 1.64. The van der Waals surface area contributed by atoms with E-state index in [1.807, 2.05) is 30.3 Å². The Labute approximate surface area is 147 Å². The number of amides is 3. The number of urea groups is 1. The van der Waals surface area contributed by atoms with Gasteiger partial charge >= 0.3 is 12.0 Å². The molecule has 136 valence electrons. The third kappa shape index (κ3) is 6.82. The van der Waals surface area contributed by atoms with E-state index >= 15 is 0 Å². The molecule has 1 fully saturated rings. The predicted octanol–water partition coefficient (Wildman–Crippen LogP) is 2.44. The number of nitrogens with one attached hydrogen (secondary N) is 2. The van der Waals surface area contributed by atoms with Crippen molar-refractivity contribution < 1.29 is 19.5 Å². The van der Waals surface area contributed by atoms with E-state index in [9.17, 15) is 14.4 Å². The number of benzene rings is 1. The first kappa shape index (κ1) is 18.8. The Bertz CT molecular complexity index is 583. The third-order valence-electron chi connectivity index (χ3n) is 4.25. The van der Waals surface area contributed by atoms with Crippen LogP contribution in [0.15, 0.2) is 30.3 Å². The summed E-state index contributed by atoms with van der Waals surface area (Å²) in [6.45, 7) is 1.24. The lowest BCUT2D eigenvalue weighted by atomic mass is 10.0. The molecule has 0 saturated carbocycles. The number of carboxylic acids is 1. The Morgan fingerprint density at radius 3 is 2.32 bits per heavy atom. The van der Waals surface area contributed by atoms with E-state index in [4.69, 9.17) is 5.11 Å². The van der Waals surface area contributed by atoms with Gasteiger partial charge in [-0.1, -0.05) is 18.2 Å². The number of hydrogen-bond acceptors (Lipinski definition) is 3. The van der Waals surface area contributed by atoms with E-state index in [0.29, 0.717) is 32.4 Å². The summed E-state index contributed by atoms with van der Waals surface area (Å²) >= 11 is 0. The molecule has 0 aliphatic carbocycles. The monoisotopic (exact) mass is 347 g/mol. The molecule has 0 aromatic heterocycles. The van der Waals surface area contributed by atoms with Gasteiger partial charge in [0.05, 0.1) is 0 Å². The summed E-state index contributed by atoms with van der Waals surface area (Å²) in [4.78, 5) is 36.3. The van der Waals surface area contributed by atoms with Crippen LogP contribution < -0.4 is 10.6 Å². The Morgan fingerprint density at radius 2 is 1.68 bits per heavy atom. The number of carbonyl (C=O) groups is 3. The highest BCUT2D eigenvalue weighted by Gasteiger charge is 2.23. The molecule has 1 aromatic rings. The van der Waals surface area contributed by atoms with Crippen LogP contribution >= 0.6 is 0 Å². The Morgan fingerprint density at radius 1 is 1.04 bits per heavy atom. The standard InChI is InChI=1S/C18H25N3O4/c22-16(8-4-5-9-17(23)24)21-12-10-15(11-13-21)20-18(25)19-14-6-2-1-3-7-14/h1-3,6-7,15H,4-5,8-13H2,(H,23,24)(H2,19,20,25). The number of rotatable bonds is 7. The zero-order chi connectivity index (χ0) is 18.1. The number of para-hydroxylation sites is 1. The first-order valence-corrected chi connectivity index (χ1v) is 8.67. The number of aliphatic carboxylic acids is 1. The SMILES string of the molecule is O=C(O)CCCCC(=O)N1CCC(NC(=O)Nc2ccccc2)CC1. The summed E-state index contributed by atoms with van der Waals surface area (Å²) in [6, 6.07) is 9.07. The molecule has 0 atom stereocenters. The summed E-state index contributed by atoms with van der Waals surface area (Å²) in [5, 5.41) is 14.3. The van der Waals surface area contributed by atoms with Crippen molar-refractivity contribution in [3.8, 4) is 0 Å². The topological polar surface area (TPSA) is 98.7 Å². The minimum atomic E-state index is -0.826. The van der Waals surface area contributed by atoms with E-state index in [2.05, 4.69) is 10.6 Å². The average Bonchev–Trinajstić information content (AvgIpc) is 2.60. The van der Waals surface area contributed by atoms with Gasteiger partial charge in [0.1, 0.15) is 0 Å². The normalized spacial score (nSPS) is 14.8. The van der Waals surface area contributed by atoms with E-state index in [1.165, 1.54) is 0 Å². The Hall–Kier alpha value is -2.57. The largest absolute Gasteiger partial charge is 0.481 e. The van der Waals surface area contributed by atoms with Gasteiger partial charge in [0, 0.05) is 37.7 Å². The van der Waals surface area contributed by atoms with Crippen LogP contribution in [0, 0.1) is 0 Å². The lowest BCUT2D eigenvalue weighted by molar-refractivity contribution is -0.137. The maximum absolute atomic E-state index is 12.1. The van der Waals surface area contributed by atoms with Gasteiger partial charge in [-0.05, 0) is 37.8 Å². The molecule has 7 heteroatoms. The summed E-state index contributed by atoms with van der Waals surface area (Å²) in [5.41, 5.74) is 0.744. The molecular formula is C18H25N3O4. The minimum absolute atomic E-state index is 0.0553. The van der Waals surface area contributed by atoms with Gasteiger partial charge in [0.15, 0.2) is 0 Å². The lowest BCUT2D eigenvalue weighted by Crippen LogP contribution is -2.47. The van der Waals surface area contributed by atoms with Crippen molar-refractivity contribution in [3.63, 3.8) is 0 Å². The van der Waals surface area contributed by atoms with E-state index < -0.39 is 5.97 Å². The number of nitrogens with zero attached hydrogens (tertiary/aromatic N) is 1. The molecule has 7 nitrogen and oxygen atoms in total. The van der Waals surface area contributed by atoms with Gasteiger partial charge in [0.25, 0.3) is 0 Å². The number of unbranched alkanes of at least 4 members (excludes halogenated alkanes) is 1. The number of carboxylic acid groups (broad SMARTS) is 1. The number of anilines is 1. The highest BCUT2D eigenvalue weighted by Crippen LogP contribution is 2.13. The van der Waals surface area contributed by atoms with Gasteiger partial charge in [-0.2, -0.15) is 0 Å². The zero-order valence-corrected chi connectivity index (χ0v) is 14.2. The number of hydrogen-bond donors (Lipinski definition) is 3. The van der Waals surface area contributed by atoms with Gasteiger partial charge in [0.2, 0.25) is 5.91 Å². The fourth-order valence-corrected chi connectivity index (χ4v) is 2.86. The lowest BCUT2D eigenvalue weighted by Gasteiger charge is -2.32. The van der Waals surface area contributed by atoms with Crippen LogP contribution in [0.3, 0.4) is 0 Å². The predicted molar refractivity (Wildman–Crippen MR) is 94.3 cm³/mol. The van der Waals surface area contributed by atoms with Crippen LogP contribution in [0.2, 0.25) is 0 Å². The van der Waals surface area contributed by atoms with Gasteiger partial charge in [-0.3, -0.25) is 9.59 Å². The highest BCUT2D eigenvalue weighted by molar-refractivity contribution is 5.89. The summed E-state index contributed by atoms with van der Waals surface area (Å²) in [5.74, 6) is -0.759. The summed E-state index contributed by atoms with van der Waals surface area (Å²) < 4.78 is 0. The quantitative estimate of drug-likeness (QED) is 0.660. The van der Waals surface area contributed by atoms with E-state index in [-0.39, 0.29) is 24.4 Å². The van der Waals surface area contributed by atoms with Crippen molar-refractivity contribution in [2.75, 3.05) is 18.4 Å². The highest BCUT2D eigenvalue weighted by atomic mass is 16.4. The fourth-order valence-electron chi connectivity index (χ4n) is 2.86. The van der Waals surface area contributed by atoms with Crippen LogP contribution in [0.25, 0.3) is 0 Å². The van der Waals surface area contributed by atoms with Gasteiger partial charge in [-0.25, -0.2) is 4.79 Å². The molecule has 1 aliphatic rings. The average molecular weight is 347 g/mol. The second kappa shape index (κ2) is 9.66. The van der Waals surface area contributed by atoms with Crippen LogP contribution in [0.4, 0.5) is 10.5 Å². The number of likely N-dealkylation sites (tertiary alicyclic amines) is 1. The van der Waals surface area contributed by atoms with Crippen LogP contribution in [-0.2, 0) is 9.59 Å². The molecule has 1 aromatic carbocycles. The molecule has 0 spiro atoms. The Kier molecular flexibility index (Phi) is 7.25. The number of piperidine rings is 1. The molecule has 0 bridgehead atoms. The molecule has 1 heterocycles. The molecular weight excluding hydrogens is 322 g/mol. The second-order valence-corrected chi connectivity index (χ2v) is 6.22. The molecule has 0 unspecified atom stereocenters. The molecule has 2 rings (SSSR count). The van der Waals surface area contributed by atoms with Crippen molar-refractivity contribution in [1.82, 2.24) is 10.2 Å². The maximum atomic E-state index is 12.1. The third-order valence-corrected chi connectivity index (χ3v) is 4.25. The van der Waals surface area contributed by atoms with Crippen molar-refractivity contribution in [2.24, 2.45) is 0 Å². The first-order valence-electron chi connectivity index (χ1n) is 8.67. The van der Waals surface area contributed by atoms with Crippen molar-refractivity contribution in [1.29, 1.82) is 0 Å².